The van der Waals surface area contributed by atoms with E-state index in [9.17, 15) is 13.2 Å². The van der Waals surface area contributed by atoms with Gasteiger partial charge >= 0.3 is 5.97 Å². The van der Waals surface area contributed by atoms with Gasteiger partial charge in [-0.3, -0.25) is 4.57 Å². The van der Waals surface area contributed by atoms with Crippen molar-refractivity contribution in [2.45, 2.75) is 4.90 Å². The molecule has 2 aromatic rings. The number of nitrogen functional groups attached to an aromatic ring is 1. The number of anilines is 1. The number of aromatic nitrogens is 2. The van der Waals surface area contributed by atoms with Gasteiger partial charge in [0.05, 0.1) is 12.0 Å². The summed E-state index contributed by atoms with van der Waals surface area (Å²) in [4.78, 5) is 15.2. The van der Waals surface area contributed by atoms with Crippen molar-refractivity contribution in [1.82, 2.24) is 9.55 Å². The van der Waals surface area contributed by atoms with E-state index < -0.39 is 16.0 Å². The van der Waals surface area contributed by atoms with Crippen molar-refractivity contribution in [1.29, 1.82) is 0 Å². The smallest absolute Gasteiger partial charge is 0.360 e. The maximum absolute atomic E-state index is 11.4. The molecule has 4 N–H and O–H groups in total. The lowest BCUT2D eigenvalue weighted by atomic mass is 10.3. The molecular formula is C11H12N4O4S. The van der Waals surface area contributed by atoms with Gasteiger partial charge in [0.15, 0.2) is 5.69 Å². The van der Waals surface area contributed by atoms with Crippen LogP contribution in [0.3, 0.4) is 0 Å². The Morgan fingerprint density at radius 3 is 2.70 bits per heavy atom. The number of primary sulfonamides is 1. The predicted molar refractivity (Wildman–Crippen MR) is 70.7 cm³/mol. The number of benzene rings is 1. The first kappa shape index (κ1) is 14.0. The van der Waals surface area contributed by atoms with Crippen molar-refractivity contribution in [2.24, 2.45) is 5.14 Å². The third-order valence-electron chi connectivity index (χ3n) is 2.61. The molecule has 0 aliphatic heterocycles. The van der Waals surface area contributed by atoms with Crippen LogP contribution < -0.4 is 10.9 Å². The van der Waals surface area contributed by atoms with Crippen LogP contribution in [0.1, 0.15) is 10.5 Å². The van der Waals surface area contributed by atoms with Gasteiger partial charge in [-0.2, -0.15) is 0 Å². The third kappa shape index (κ3) is 2.49. The van der Waals surface area contributed by atoms with E-state index in [0.29, 0.717) is 5.69 Å². The van der Waals surface area contributed by atoms with Gasteiger partial charge in [0.2, 0.25) is 10.0 Å². The number of rotatable bonds is 3. The van der Waals surface area contributed by atoms with Crippen molar-refractivity contribution >= 4 is 21.8 Å². The average molecular weight is 296 g/mol. The van der Waals surface area contributed by atoms with Crippen molar-refractivity contribution < 1.29 is 17.9 Å². The molecule has 106 valence electrons. The quantitative estimate of drug-likeness (QED) is 0.760. The van der Waals surface area contributed by atoms with E-state index in [2.05, 4.69) is 9.72 Å². The molecule has 0 amide bonds. The van der Waals surface area contributed by atoms with Crippen LogP contribution in [0, 0.1) is 0 Å². The maximum atomic E-state index is 11.4. The molecule has 1 heterocycles. The molecule has 0 bridgehead atoms. The number of esters is 1. The number of carbonyl (C=O) groups is 1. The van der Waals surface area contributed by atoms with Gasteiger partial charge in [-0.1, -0.05) is 6.07 Å². The lowest BCUT2D eigenvalue weighted by Crippen LogP contribution is -2.13. The van der Waals surface area contributed by atoms with Gasteiger partial charge < -0.3 is 10.5 Å². The number of nitrogens with zero attached hydrogens (tertiary/aromatic N) is 2. The second-order valence-corrected chi connectivity index (χ2v) is 5.44. The standard InChI is InChI=1S/C11H12N4O4S/c1-19-11(16)9-10(12)15(6-14-9)7-3-2-4-8(5-7)20(13,17)18/h2-6H,12H2,1H3,(H2,13,17,18). The summed E-state index contributed by atoms with van der Waals surface area (Å²) in [5.41, 5.74) is 6.16. The Hall–Kier alpha value is -2.39. The first-order valence-corrected chi connectivity index (χ1v) is 6.93. The van der Waals surface area contributed by atoms with Crippen molar-refractivity contribution in [3.05, 3.63) is 36.3 Å². The van der Waals surface area contributed by atoms with E-state index in [1.54, 1.807) is 6.07 Å². The zero-order valence-electron chi connectivity index (χ0n) is 10.5. The lowest BCUT2D eigenvalue weighted by molar-refractivity contribution is 0.0596. The molecule has 0 saturated carbocycles. The molecule has 8 nitrogen and oxygen atoms in total. The predicted octanol–water partition coefficient (Wildman–Crippen LogP) is -0.111. The van der Waals surface area contributed by atoms with Gasteiger partial charge in [0, 0.05) is 5.69 Å². The zero-order valence-corrected chi connectivity index (χ0v) is 11.3. The van der Waals surface area contributed by atoms with Gasteiger partial charge in [-0.15, -0.1) is 0 Å². The Kier molecular flexibility index (Phi) is 3.47. The van der Waals surface area contributed by atoms with Crippen molar-refractivity contribution in [2.75, 3.05) is 12.8 Å². The van der Waals surface area contributed by atoms with Crippen molar-refractivity contribution in [3.8, 4) is 5.69 Å². The molecule has 0 unspecified atom stereocenters. The Morgan fingerprint density at radius 1 is 1.40 bits per heavy atom. The highest BCUT2D eigenvalue weighted by atomic mass is 32.2. The van der Waals surface area contributed by atoms with Crippen LogP contribution in [0.5, 0.6) is 0 Å². The number of imidazole rings is 1. The van der Waals surface area contributed by atoms with E-state index in [-0.39, 0.29) is 16.4 Å². The fraction of sp³-hybridized carbons (Fsp3) is 0.0909. The molecule has 0 radical (unpaired) electrons. The number of hydrogen-bond donors (Lipinski definition) is 2. The maximum Gasteiger partial charge on any atom is 0.360 e. The van der Waals surface area contributed by atoms with Crippen LogP contribution in [0.15, 0.2) is 35.5 Å². The first-order chi connectivity index (χ1) is 9.34. The van der Waals surface area contributed by atoms with Crippen molar-refractivity contribution in [3.63, 3.8) is 0 Å². The molecule has 1 aromatic heterocycles. The topological polar surface area (TPSA) is 130 Å². The van der Waals surface area contributed by atoms with Gasteiger partial charge in [0.25, 0.3) is 0 Å². The molecule has 9 heteroatoms. The number of sulfonamides is 1. The minimum Gasteiger partial charge on any atom is -0.464 e. The molecule has 0 fully saturated rings. The van der Waals surface area contributed by atoms with Gasteiger partial charge in [-0.05, 0) is 18.2 Å². The van der Waals surface area contributed by atoms with E-state index in [1.165, 1.54) is 36.2 Å². The summed E-state index contributed by atoms with van der Waals surface area (Å²) >= 11 is 0. The summed E-state index contributed by atoms with van der Waals surface area (Å²) in [5.74, 6) is -0.632. The Labute approximate surface area is 115 Å². The number of nitrogens with two attached hydrogens (primary N) is 2. The Morgan fingerprint density at radius 2 is 2.10 bits per heavy atom. The fourth-order valence-electron chi connectivity index (χ4n) is 1.63. The van der Waals surface area contributed by atoms with Crippen LogP contribution in [0.4, 0.5) is 5.82 Å². The first-order valence-electron chi connectivity index (χ1n) is 5.39. The summed E-state index contributed by atoms with van der Waals surface area (Å²) in [6.07, 6.45) is 1.30. The van der Waals surface area contributed by atoms with E-state index in [4.69, 9.17) is 10.9 Å². The largest absolute Gasteiger partial charge is 0.464 e. The summed E-state index contributed by atoms with van der Waals surface area (Å²) < 4.78 is 28.5. The summed E-state index contributed by atoms with van der Waals surface area (Å²) in [5, 5.41) is 5.06. The lowest BCUT2D eigenvalue weighted by Gasteiger charge is -2.07. The molecule has 2 rings (SSSR count). The van der Waals surface area contributed by atoms with Crippen LogP contribution in [-0.2, 0) is 14.8 Å². The number of methoxy groups -OCH3 is 1. The van der Waals surface area contributed by atoms with Gasteiger partial charge in [-0.25, -0.2) is 23.3 Å². The minimum absolute atomic E-state index is 0.0448. The normalized spacial score (nSPS) is 11.3. The second-order valence-electron chi connectivity index (χ2n) is 3.88. The molecule has 0 spiro atoms. The highest BCUT2D eigenvalue weighted by Crippen LogP contribution is 2.20. The summed E-state index contributed by atoms with van der Waals surface area (Å²) in [7, 11) is -2.62. The highest BCUT2D eigenvalue weighted by molar-refractivity contribution is 7.89. The Balaban J connectivity index is 2.53. The van der Waals surface area contributed by atoms with E-state index >= 15 is 0 Å². The van der Waals surface area contributed by atoms with E-state index in [0.717, 1.165) is 0 Å². The number of carbonyl (C=O) groups excluding carboxylic acids is 1. The SMILES string of the molecule is COC(=O)c1ncn(-c2cccc(S(N)(=O)=O)c2)c1N. The molecule has 0 atom stereocenters. The Bertz CT molecular complexity index is 766. The zero-order chi connectivity index (χ0) is 14.9. The van der Waals surface area contributed by atoms with Crippen LogP contribution in [-0.4, -0.2) is 31.0 Å². The highest BCUT2D eigenvalue weighted by Gasteiger charge is 2.17. The molecule has 1 aromatic carbocycles. The number of hydrogen-bond acceptors (Lipinski definition) is 6. The third-order valence-corrected chi connectivity index (χ3v) is 3.52. The monoisotopic (exact) mass is 296 g/mol. The second kappa shape index (κ2) is 4.94. The molecule has 20 heavy (non-hydrogen) atoms. The molecule has 0 aliphatic carbocycles. The number of ether oxygens (including phenoxy) is 1. The molecule has 0 saturated heterocycles. The summed E-state index contributed by atoms with van der Waals surface area (Å²) in [6.45, 7) is 0. The molecular weight excluding hydrogens is 284 g/mol. The minimum atomic E-state index is -3.83. The van der Waals surface area contributed by atoms with Crippen LogP contribution in [0.25, 0.3) is 5.69 Å². The van der Waals surface area contributed by atoms with Crippen LogP contribution in [0.2, 0.25) is 0 Å². The summed E-state index contributed by atoms with van der Waals surface area (Å²) in [6, 6.07) is 5.79. The van der Waals surface area contributed by atoms with E-state index in [1.807, 2.05) is 0 Å². The average Bonchev–Trinajstić information content (AvgIpc) is 2.79. The van der Waals surface area contributed by atoms with Crippen LogP contribution >= 0.6 is 0 Å². The fourth-order valence-corrected chi connectivity index (χ4v) is 2.18. The van der Waals surface area contributed by atoms with Gasteiger partial charge in [0.1, 0.15) is 12.1 Å². The molecule has 0 aliphatic rings.